The number of rotatable bonds is 6. The van der Waals surface area contributed by atoms with Gasteiger partial charge in [-0.25, -0.2) is 0 Å². The summed E-state index contributed by atoms with van der Waals surface area (Å²) in [4.78, 5) is 13.1. The summed E-state index contributed by atoms with van der Waals surface area (Å²) < 4.78 is 1.94. The maximum Gasteiger partial charge on any atom is 0.165 e. The molecule has 1 aromatic heterocycles. The van der Waals surface area contributed by atoms with Gasteiger partial charge in [-0.15, -0.1) is 0 Å². The van der Waals surface area contributed by atoms with Crippen LogP contribution < -0.4 is 5.73 Å². The molecule has 2 N–H and O–H groups in total. The molecule has 0 amide bonds. The summed E-state index contributed by atoms with van der Waals surface area (Å²) in [5, 5.41) is 0. The molecule has 0 unspecified atom stereocenters. The third kappa shape index (κ3) is 3.22. The number of Topliss-reactive ketones (excluding diaryl/α,β-unsaturated/α-hetero) is 1. The molecule has 0 radical (unpaired) electrons. The van der Waals surface area contributed by atoms with Gasteiger partial charge in [0.25, 0.3) is 0 Å². The van der Waals surface area contributed by atoms with E-state index in [-0.39, 0.29) is 5.78 Å². The van der Waals surface area contributed by atoms with E-state index in [9.17, 15) is 4.79 Å². The second kappa shape index (κ2) is 7.39. The maximum absolute atomic E-state index is 13.1. The van der Waals surface area contributed by atoms with Gasteiger partial charge < -0.3 is 10.3 Å². The van der Waals surface area contributed by atoms with E-state index in [2.05, 4.69) is 6.92 Å². The number of carbonyl (C=O) groups is 1. The Hall–Kier alpha value is -2.81. The summed E-state index contributed by atoms with van der Waals surface area (Å²) in [7, 11) is 1.93. The van der Waals surface area contributed by atoms with Crippen LogP contribution in [0.4, 0.5) is 5.82 Å². The molecule has 3 heteroatoms. The highest BCUT2D eigenvalue weighted by Crippen LogP contribution is 2.40. The Morgan fingerprint density at radius 3 is 2.08 bits per heavy atom. The molecule has 3 nitrogen and oxygen atoms in total. The van der Waals surface area contributed by atoms with Gasteiger partial charge in [0.1, 0.15) is 5.82 Å². The fourth-order valence-electron chi connectivity index (χ4n) is 3.27. The van der Waals surface area contributed by atoms with E-state index in [0.29, 0.717) is 12.2 Å². The summed E-state index contributed by atoms with van der Waals surface area (Å²) in [6.07, 6.45) is 2.42. The number of carbonyl (C=O) groups excluding carboxylic acids is 1. The molecule has 0 spiro atoms. The number of benzene rings is 2. The Morgan fingerprint density at radius 1 is 0.960 bits per heavy atom. The van der Waals surface area contributed by atoms with Crippen molar-refractivity contribution in [1.29, 1.82) is 0 Å². The predicted molar refractivity (Wildman–Crippen MR) is 105 cm³/mol. The molecule has 1 heterocycles. The molecular formula is C22H24N2O. The van der Waals surface area contributed by atoms with Crippen LogP contribution in [-0.4, -0.2) is 10.4 Å². The van der Waals surface area contributed by atoms with Crippen LogP contribution in [0, 0.1) is 0 Å². The molecule has 0 atom stereocenters. The van der Waals surface area contributed by atoms with Crippen LogP contribution in [0.3, 0.4) is 0 Å². The molecule has 3 aromatic rings. The predicted octanol–water partition coefficient (Wildman–Crippen LogP) is 5.31. The van der Waals surface area contributed by atoms with Gasteiger partial charge in [-0.05, 0) is 17.5 Å². The number of ketones is 1. The molecule has 0 bridgehead atoms. The Kier molecular flexibility index (Phi) is 5.03. The molecular weight excluding hydrogens is 308 g/mol. The molecule has 0 saturated carbocycles. The van der Waals surface area contributed by atoms with E-state index >= 15 is 0 Å². The number of nitrogens with two attached hydrogens (primary N) is 1. The Labute approximate surface area is 149 Å². The van der Waals surface area contributed by atoms with Crippen molar-refractivity contribution in [2.75, 3.05) is 5.73 Å². The molecule has 128 valence electrons. The van der Waals surface area contributed by atoms with Gasteiger partial charge in [0.15, 0.2) is 5.78 Å². The van der Waals surface area contributed by atoms with E-state index < -0.39 is 0 Å². The average Bonchev–Trinajstić information content (AvgIpc) is 2.92. The van der Waals surface area contributed by atoms with Crippen LogP contribution in [0.1, 0.15) is 36.5 Å². The average molecular weight is 332 g/mol. The van der Waals surface area contributed by atoms with Crippen molar-refractivity contribution >= 4 is 11.6 Å². The van der Waals surface area contributed by atoms with Gasteiger partial charge in [0.05, 0.1) is 11.3 Å². The number of nitrogen functional groups attached to an aromatic ring is 1. The van der Waals surface area contributed by atoms with E-state index in [4.69, 9.17) is 5.73 Å². The van der Waals surface area contributed by atoms with Crippen LogP contribution in [0.2, 0.25) is 0 Å². The van der Waals surface area contributed by atoms with Crippen molar-refractivity contribution in [3.05, 3.63) is 66.2 Å². The lowest BCUT2D eigenvalue weighted by Gasteiger charge is -2.09. The normalized spacial score (nSPS) is 10.8. The van der Waals surface area contributed by atoms with Crippen molar-refractivity contribution in [2.24, 2.45) is 7.05 Å². The van der Waals surface area contributed by atoms with Gasteiger partial charge in [0.2, 0.25) is 0 Å². The van der Waals surface area contributed by atoms with E-state index in [1.807, 2.05) is 72.3 Å². The number of unbranched alkanes of at least 4 members (excludes halogenated alkanes) is 1. The second-order valence-corrected chi connectivity index (χ2v) is 6.30. The lowest BCUT2D eigenvalue weighted by atomic mass is 9.94. The Bertz CT molecular complexity index is 801. The summed E-state index contributed by atoms with van der Waals surface area (Å²) in [5.41, 5.74) is 10.9. The SMILES string of the molecule is CCCCC(=O)c1c(-c2ccccc2)c(N)n(C)c1-c1ccccc1. The molecule has 0 saturated heterocycles. The van der Waals surface area contributed by atoms with E-state index in [1.54, 1.807) is 0 Å². The van der Waals surface area contributed by atoms with Crippen molar-refractivity contribution in [3.8, 4) is 22.4 Å². The minimum absolute atomic E-state index is 0.159. The first-order valence-corrected chi connectivity index (χ1v) is 8.77. The number of hydrogen-bond donors (Lipinski definition) is 1. The van der Waals surface area contributed by atoms with Crippen molar-refractivity contribution in [3.63, 3.8) is 0 Å². The van der Waals surface area contributed by atoms with Crippen LogP contribution in [0.15, 0.2) is 60.7 Å². The van der Waals surface area contributed by atoms with Crippen LogP contribution in [0.5, 0.6) is 0 Å². The third-order valence-corrected chi connectivity index (χ3v) is 4.59. The number of aromatic nitrogens is 1. The fraction of sp³-hybridized carbons (Fsp3) is 0.227. The standard InChI is InChI=1S/C22H24N2O/c1-3-4-15-18(25)20-19(16-11-7-5-8-12-16)22(23)24(2)21(20)17-13-9-6-10-14-17/h5-14H,3-4,15,23H2,1-2H3. The molecule has 0 aliphatic carbocycles. The maximum atomic E-state index is 13.1. The summed E-state index contributed by atoms with van der Waals surface area (Å²) in [6, 6.07) is 20.0. The smallest absolute Gasteiger partial charge is 0.165 e. The summed E-state index contributed by atoms with van der Waals surface area (Å²) in [5.74, 6) is 0.789. The highest BCUT2D eigenvalue weighted by molar-refractivity contribution is 6.10. The molecule has 25 heavy (non-hydrogen) atoms. The largest absolute Gasteiger partial charge is 0.385 e. The van der Waals surface area contributed by atoms with Gasteiger partial charge in [0, 0.05) is 19.0 Å². The van der Waals surface area contributed by atoms with Gasteiger partial charge in [-0.1, -0.05) is 74.0 Å². The highest BCUT2D eigenvalue weighted by Gasteiger charge is 2.25. The zero-order valence-electron chi connectivity index (χ0n) is 14.8. The zero-order chi connectivity index (χ0) is 17.8. The second-order valence-electron chi connectivity index (χ2n) is 6.30. The molecule has 0 aliphatic rings. The minimum atomic E-state index is 0.159. The quantitative estimate of drug-likeness (QED) is 0.621. The van der Waals surface area contributed by atoms with Crippen molar-refractivity contribution in [2.45, 2.75) is 26.2 Å². The Morgan fingerprint density at radius 2 is 1.52 bits per heavy atom. The van der Waals surface area contributed by atoms with Gasteiger partial charge in [-0.2, -0.15) is 0 Å². The highest BCUT2D eigenvalue weighted by atomic mass is 16.1. The van der Waals surface area contributed by atoms with Crippen molar-refractivity contribution < 1.29 is 4.79 Å². The fourth-order valence-corrected chi connectivity index (χ4v) is 3.27. The third-order valence-electron chi connectivity index (χ3n) is 4.59. The number of hydrogen-bond acceptors (Lipinski definition) is 2. The first-order valence-electron chi connectivity index (χ1n) is 8.77. The van der Waals surface area contributed by atoms with Crippen LogP contribution >= 0.6 is 0 Å². The van der Waals surface area contributed by atoms with E-state index in [0.717, 1.165) is 40.8 Å². The summed E-state index contributed by atoms with van der Waals surface area (Å²) in [6.45, 7) is 2.10. The molecule has 2 aromatic carbocycles. The molecule has 3 rings (SSSR count). The topological polar surface area (TPSA) is 48.0 Å². The van der Waals surface area contributed by atoms with Gasteiger partial charge >= 0.3 is 0 Å². The van der Waals surface area contributed by atoms with E-state index in [1.165, 1.54) is 0 Å². The first kappa shape index (κ1) is 17.0. The van der Waals surface area contributed by atoms with Crippen LogP contribution in [-0.2, 0) is 7.05 Å². The number of nitrogens with zero attached hydrogens (tertiary/aromatic N) is 1. The Balaban J connectivity index is 2.27. The lowest BCUT2D eigenvalue weighted by Crippen LogP contribution is -2.03. The molecule has 0 aliphatic heterocycles. The minimum Gasteiger partial charge on any atom is -0.385 e. The van der Waals surface area contributed by atoms with Gasteiger partial charge in [-0.3, -0.25) is 4.79 Å². The summed E-state index contributed by atoms with van der Waals surface area (Å²) >= 11 is 0. The monoisotopic (exact) mass is 332 g/mol. The zero-order valence-corrected chi connectivity index (χ0v) is 14.8. The van der Waals surface area contributed by atoms with Crippen LogP contribution in [0.25, 0.3) is 22.4 Å². The molecule has 0 fully saturated rings. The lowest BCUT2D eigenvalue weighted by molar-refractivity contribution is 0.0981. The van der Waals surface area contributed by atoms with Crippen molar-refractivity contribution in [1.82, 2.24) is 4.57 Å². The first-order chi connectivity index (χ1) is 12.1. The number of anilines is 1.